The average molecular weight is 351 g/mol. The lowest BCUT2D eigenvalue weighted by molar-refractivity contribution is 0.0654. The topological polar surface area (TPSA) is 92.6 Å². The lowest BCUT2D eigenvalue weighted by Gasteiger charge is -2.32. The average Bonchev–Trinajstić information content (AvgIpc) is 3.31. The van der Waals surface area contributed by atoms with Gasteiger partial charge in [-0.2, -0.15) is 0 Å². The molecule has 0 spiro atoms. The molecule has 1 amide bonds. The number of pyridine rings is 1. The first-order valence-electron chi connectivity index (χ1n) is 8.81. The number of carbonyl (C=O) groups excluding carboxylic acids is 1. The Kier molecular flexibility index (Phi) is 4.47. The van der Waals surface area contributed by atoms with Crippen molar-refractivity contribution in [1.82, 2.24) is 34.8 Å². The predicted octanol–water partition coefficient (Wildman–Crippen LogP) is 1.92. The number of H-pyrrole nitrogens is 1. The van der Waals surface area contributed by atoms with E-state index in [0.717, 1.165) is 49.7 Å². The van der Waals surface area contributed by atoms with Crippen molar-refractivity contribution in [2.75, 3.05) is 13.1 Å². The zero-order valence-corrected chi connectivity index (χ0v) is 14.7. The summed E-state index contributed by atoms with van der Waals surface area (Å²) in [6.07, 6.45) is 7.34. The number of piperidine rings is 1. The van der Waals surface area contributed by atoms with Crippen LogP contribution in [0.15, 0.2) is 36.8 Å². The molecule has 8 heteroatoms. The number of aromatic amines is 1. The molecule has 26 heavy (non-hydrogen) atoms. The van der Waals surface area contributed by atoms with E-state index >= 15 is 0 Å². The molecule has 0 aromatic carbocycles. The number of rotatable bonds is 4. The van der Waals surface area contributed by atoms with E-state index in [9.17, 15) is 4.79 Å². The van der Waals surface area contributed by atoms with Crippen LogP contribution in [0.2, 0.25) is 0 Å². The van der Waals surface area contributed by atoms with Gasteiger partial charge in [-0.1, -0.05) is 11.3 Å². The predicted molar refractivity (Wildman–Crippen MR) is 95.2 cm³/mol. The summed E-state index contributed by atoms with van der Waals surface area (Å²) in [5, 5.41) is 8.44. The summed E-state index contributed by atoms with van der Waals surface area (Å²) in [6, 6.07) is 5.73. The van der Waals surface area contributed by atoms with Crippen molar-refractivity contribution in [2.24, 2.45) is 5.92 Å². The smallest absolute Gasteiger partial charge is 0.271 e. The molecule has 8 nitrogen and oxygen atoms in total. The Labute approximate surface area is 151 Å². The molecule has 1 atom stereocenters. The van der Waals surface area contributed by atoms with Gasteiger partial charge < -0.3 is 9.88 Å². The maximum absolute atomic E-state index is 12.6. The number of likely N-dealkylation sites (tertiary alicyclic amines) is 1. The molecular formula is C18H21N7O. The van der Waals surface area contributed by atoms with Crippen molar-refractivity contribution in [2.45, 2.75) is 26.3 Å². The summed E-state index contributed by atoms with van der Waals surface area (Å²) in [5.41, 5.74) is 2.14. The van der Waals surface area contributed by atoms with Crippen LogP contribution in [0.1, 0.15) is 29.2 Å². The van der Waals surface area contributed by atoms with E-state index < -0.39 is 0 Å². The van der Waals surface area contributed by atoms with E-state index in [2.05, 4.69) is 25.3 Å². The van der Waals surface area contributed by atoms with Gasteiger partial charge in [-0.25, -0.2) is 4.98 Å². The molecule has 0 radical (unpaired) electrons. The Bertz CT molecular complexity index is 886. The molecule has 3 aromatic heterocycles. The molecule has 134 valence electrons. The van der Waals surface area contributed by atoms with Crippen LogP contribution in [0, 0.1) is 12.8 Å². The minimum atomic E-state index is 0.0167. The highest BCUT2D eigenvalue weighted by molar-refractivity contribution is 5.92. The standard InChI is InChI=1S/C18H21N7O/c1-13-20-9-16(21-13)18(26)24-8-4-5-14(10-24)11-25-12-17(22-23-25)15-6-2-3-7-19-15/h2-3,6-7,9,12,14H,4-5,8,10-11H2,1H3,(H,20,21)/t14-/m1/s1. The molecule has 4 heterocycles. The highest BCUT2D eigenvalue weighted by Crippen LogP contribution is 2.20. The largest absolute Gasteiger partial charge is 0.338 e. The summed E-state index contributed by atoms with van der Waals surface area (Å²) >= 11 is 0. The van der Waals surface area contributed by atoms with Gasteiger partial charge in [0.15, 0.2) is 0 Å². The summed E-state index contributed by atoms with van der Waals surface area (Å²) in [7, 11) is 0. The van der Waals surface area contributed by atoms with Crippen molar-refractivity contribution in [3.05, 3.63) is 48.3 Å². The normalized spacial score (nSPS) is 17.4. The summed E-state index contributed by atoms with van der Waals surface area (Å²) in [6.45, 7) is 4.09. The van der Waals surface area contributed by atoms with Crippen LogP contribution in [0.3, 0.4) is 0 Å². The molecule has 1 saturated heterocycles. The fourth-order valence-corrected chi connectivity index (χ4v) is 3.38. The second kappa shape index (κ2) is 7.07. The Morgan fingerprint density at radius 3 is 3.00 bits per heavy atom. The number of hydrogen-bond acceptors (Lipinski definition) is 5. The van der Waals surface area contributed by atoms with Crippen molar-refractivity contribution in [3.8, 4) is 11.4 Å². The molecule has 0 saturated carbocycles. The van der Waals surface area contributed by atoms with Gasteiger partial charge in [0.05, 0.1) is 18.1 Å². The number of hydrogen-bond donors (Lipinski definition) is 1. The van der Waals surface area contributed by atoms with Crippen molar-refractivity contribution < 1.29 is 4.79 Å². The number of aryl methyl sites for hydroxylation is 1. The lowest BCUT2D eigenvalue weighted by atomic mass is 9.98. The fraction of sp³-hybridized carbons (Fsp3) is 0.389. The third-order valence-electron chi connectivity index (χ3n) is 4.65. The third-order valence-corrected chi connectivity index (χ3v) is 4.65. The van der Waals surface area contributed by atoms with Gasteiger partial charge in [-0.05, 0) is 37.8 Å². The molecular weight excluding hydrogens is 330 g/mol. The van der Waals surface area contributed by atoms with Gasteiger partial charge in [0.2, 0.25) is 0 Å². The van der Waals surface area contributed by atoms with Gasteiger partial charge in [-0.3, -0.25) is 14.5 Å². The number of aromatic nitrogens is 6. The van der Waals surface area contributed by atoms with Crippen LogP contribution in [0.5, 0.6) is 0 Å². The quantitative estimate of drug-likeness (QED) is 0.775. The molecule has 4 rings (SSSR count). The zero-order valence-electron chi connectivity index (χ0n) is 14.7. The lowest BCUT2D eigenvalue weighted by Crippen LogP contribution is -2.41. The number of nitrogens with zero attached hydrogens (tertiary/aromatic N) is 6. The minimum Gasteiger partial charge on any atom is -0.338 e. The second-order valence-corrected chi connectivity index (χ2v) is 6.68. The Morgan fingerprint density at radius 1 is 1.31 bits per heavy atom. The molecule has 1 N–H and O–H groups in total. The van der Waals surface area contributed by atoms with Crippen LogP contribution in [0.25, 0.3) is 11.4 Å². The maximum Gasteiger partial charge on any atom is 0.271 e. The molecule has 0 aliphatic carbocycles. The van der Waals surface area contributed by atoms with E-state index in [0.29, 0.717) is 11.6 Å². The fourth-order valence-electron chi connectivity index (χ4n) is 3.38. The van der Waals surface area contributed by atoms with E-state index in [4.69, 9.17) is 0 Å². The molecule has 0 unspecified atom stereocenters. The molecule has 1 aliphatic heterocycles. The van der Waals surface area contributed by atoms with E-state index in [1.54, 1.807) is 12.4 Å². The minimum absolute atomic E-state index is 0.0167. The highest BCUT2D eigenvalue weighted by atomic mass is 16.2. The van der Waals surface area contributed by atoms with Gasteiger partial charge >= 0.3 is 0 Å². The van der Waals surface area contributed by atoms with E-state index in [1.165, 1.54) is 0 Å². The van der Waals surface area contributed by atoms with Crippen molar-refractivity contribution >= 4 is 5.91 Å². The summed E-state index contributed by atoms with van der Waals surface area (Å²) in [5.74, 6) is 1.13. The Hall–Kier alpha value is -3.03. The number of carbonyl (C=O) groups is 1. The molecule has 3 aromatic rings. The van der Waals surface area contributed by atoms with Gasteiger partial charge in [-0.15, -0.1) is 5.10 Å². The van der Waals surface area contributed by atoms with Crippen LogP contribution in [0.4, 0.5) is 0 Å². The van der Waals surface area contributed by atoms with Gasteiger partial charge in [0, 0.05) is 25.8 Å². The maximum atomic E-state index is 12.6. The summed E-state index contributed by atoms with van der Waals surface area (Å²) < 4.78 is 1.85. The van der Waals surface area contributed by atoms with Crippen LogP contribution in [-0.2, 0) is 6.54 Å². The highest BCUT2D eigenvalue weighted by Gasteiger charge is 2.26. The first-order valence-corrected chi connectivity index (χ1v) is 8.81. The van der Waals surface area contributed by atoms with E-state index in [-0.39, 0.29) is 5.91 Å². The van der Waals surface area contributed by atoms with Crippen LogP contribution in [-0.4, -0.2) is 53.8 Å². The number of nitrogens with one attached hydrogen (secondary N) is 1. The van der Waals surface area contributed by atoms with Crippen molar-refractivity contribution in [3.63, 3.8) is 0 Å². The van der Waals surface area contributed by atoms with Crippen molar-refractivity contribution in [1.29, 1.82) is 0 Å². The molecule has 0 bridgehead atoms. The van der Waals surface area contributed by atoms with Gasteiger partial charge in [0.25, 0.3) is 5.91 Å². The van der Waals surface area contributed by atoms with E-state index in [1.807, 2.05) is 40.9 Å². The zero-order chi connectivity index (χ0) is 17.9. The monoisotopic (exact) mass is 351 g/mol. The van der Waals surface area contributed by atoms with Crippen LogP contribution >= 0.6 is 0 Å². The molecule has 1 fully saturated rings. The van der Waals surface area contributed by atoms with Gasteiger partial charge in [0.1, 0.15) is 17.2 Å². The summed E-state index contributed by atoms with van der Waals surface area (Å²) in [4.78, 5) is 26.0. The third kappa shape index (κ3) is 3.49. The second-order valence-electron chi connectivity index (χ2n) is 6.68. The first-order chi connectivity index (χ1) is 12.7. The SMILES string of the molecule is Cc1ncc(C(=O)N2CCC[C@@H](Cn3cc(-c4ccccn4)nn3)C2)[nH]1. The number of imidazole rings is 1. The Morgan fingerprint density at radius 2 is 2.23 bits per heavy atom. The Balaban J connectivity index is 1.41. The molecule has 1 aliphatic rings. The van der Waals surface area contributed by atoms with Crippen LogP contribution < -0.4 is 0 Å². The number of amides is 1. The first kappa shape index (κ1) is 16.4.